The van der Waals surface area contributed by atoms with E-state index in [0.717, 1.165) is 10.0 Å². The molecular weight excluding hydrogens is 428 g/mol. The Morgan fingerprint density at radius 3 is 2.82 bits per heavy atom. The molecule has 0 aliphatic rings. The Balaban J connectivity index is 2.04. The van der Waals surface area contributed by atoms with Gasteiger partial charge < -0.3 is 9.30 Å². The Bertz CT molecular complexity index is 1160. The van der Waals surface area contributed by atoms with E-state index in [1.807, 2.05) is 32.0 Å². The molecule has 10 heteroatoms. The monoisotopic (exact) mass is 448 g/mol. The van der Waals surface area contributed by atoms with Gasteiger partial charge in [-0.2, -0.15) is 10.1 Å². The highest BCUT2D eigenvalue weighted by Crippen LogP contribution is 2.22. The van der Waals surface area contributed by atoms with Gasteiger partial charge in [-0.15, -0.1) is 0 Å². The zero-order valence-corrected chi connectivity index (χ0v) is 17.6. The average molecular weight is 449 g/mol. The van der Waals surface area contributed by atoms with Crippen LogP contribution in [-0.4, -0.2) is 32.4 Å². The van der Waals surface area contributed by atoms with Crippen molar-refractivity contribution in [1.82, 2.24) is 19.1 Å². The van der Waals surface area contributed by atoms with E-state index in [9.17, 15) is 9.59 Å². The van der Waals surface area contributed by atoms with Crippen LogP contribution in [0.3, 0.4) is 0 Å². The number of rotatable bonds is 6. The maximum atomic E-state index is 12.4. The summed E-state index contributed by atoms with van der Waals surface area (Å²) in [7, 11) is 3.15. The number of hydrazone groups is 1. The predicted molar refractivity (Wildman–Crippen MR) is 112 cm³/mol. The van der Waals surface area contributed by atoms with E-state index in [-0.39, 0.29) is 5.92 Å². The first-order chi connectivity index (χ1) is 13.3. The van der Waals surface area contributed by atoms with Crippen LogP contribution in [0, 0.1) is 5.92 Å². The summed E-state index contributed by atoms with van der Waals surface area (Å²) in [6, 6.07) is 5.57. The van der Waals surface area contributed by atoms with Crippen LogP contribution in [-0.2, 0) is 13.6 Å². The van der Waals surface area contributed by atoms with Crippen molar-refractivity contribution >= 4 is 39.3 Å². The minimum absolute atomic E-state index is 0.253. The summed E-state index contributed by atoms with van der Waals surface area (Å²) in [6.45, 7) is 4.60. The molecule has 1 aromatic carbocycles. The van der Waals surface area contributed by atoms with Crippen LogP contribution >= 0.6 is 15.9 Å². The van der Waals surface area contributed by atoms with Crippen molar-refractivity contribution in [2.75, 3.05) is 12.5 Å². The summed E-state index contributed by atoms with van der Waals surface area (Å²) in [4.78, 5) is 31.0. The van der Waals surface area contributed by atoms with E-state index >= 15 is 0 Å². The number of imidazole rings is 1. The zero-order valence-electron chi connectivity index (χ0n) is 16.0. The zero-order chi connectivity index (χ0) is 20.4. The summed E-state index contributed by atoms with van der Waals surface area (Å²) >= 11 is 3.42. The Morgan fingerprint density at radius 2 is 2.14 bits per heavy atom. The topological polar surface area (TPSA) is 106 Å². The number of benzene rings is 1. The molecule has 0 aliphatic carbocycles. The average Bonchev–Trinajstić information content (AvgIpc) is 2.98. The highest BCUT2D eigenvalue weighted by atomic mass is 79.9. The Morgan fingerprint density at radius 1 is 1.39 bits per heavy atom. The molecule has 148 valence electrons. The number of H-pyrrole nitrogens is 1. The van der Waals surface area contributed by atoms with Crippen molar-refractivity contribution in [3.63, 3.8) is 0 Å². The lowest BCUT2D eigenvalue weighted by Gasteiger charge is -2.10. The van der Waals surface area contributed by atoms with Crippen LogP contribution in [0.5, 0.6) is 5.75 Å². The molecule has 0 fully saturated rings. The van der Waals surface area contributed by atoms with Gasteiger partial charge in [-0.05, 0) is 24.1 Å². The Kier molecular flexibility index (Phi) is 5.68. The number of aromatic nitrogens is 4. The van der Waals surface area contributed by atoms with Crippen LogP contribution in [0.25, 0.3) is 11.2 Å². The third kappa shape index (κ3) is 3.86. The highest BCUT2D eigenvalue weighted by Gasteiger charge is 2.17. The van der Waals surface area contributed by atoms with Gasteiger partial charge in [-0.3, -0.25) is 14.3 Å². The number of anilines is 1. The van der Waals surface area contributed by atoms with Crippen molar-refractivity contribution < 1.29 is 4.74 Å². The Hall–Kier alpha value is -2.88. The first kappa shape index (κ1) is 19.9. The van der Waals surface area contributed by atoms with Gasteiger partial charge in [-0.25, -0.2) is 10.2 Å². The van der Waals surface area contributed by atoms with E-state index in [1.54, 1.807) is 24.9 Å². The molecule has 3 rings (SSSR count). The van der Waals surface area contributed by atoms with Crippen molar-refractivity contribution in [2.45, 2.75) is 20.4 Å². The number of hydrogen-bond acceptors (Lipinski definition) is 6. The van der Waals surface area contributed by atoms with E-state index < -0.39 is 11.2 Å². The lowest BCUT2D eigenvalue weighted by molar-refractivity contribution is 0.414. The number of aromatic amines is 1. The smallest absolute Gasteiger partial charge is 0.329 e. The molecule has 0 saturated heterocycles. The summed E-state index contributed by atoms with van der Waals surface area (Å²) < 4.78 is 9.26. The van der Waals surface area contributed by atoms with E-state index in [2.05, 4.69) is 36.4 Å². The standard InChI is InChI=1S/C18H21BrN6O3/c1-10(2)9-25-14-15(24(3)18(27)22-16(14)26)21-17(25)23-20-8-11-7-12(19)5-6-13(11)28-4/h5-8,10H,9H2,1-4H3,(H,21,23)(H,22,26,27)/b20-8+. The van der Waals surface area contributed by atoms with Crippen LogP contribution in [0.15, 0.2) is 37.4 Å². The first-order valence-electron chi connectivity index (χ1n) is 8.64. The van der Waals surface area contributed by atoms with Gasteiger partial charge in [0.15, 0.2) is 11.2 Å². The number of nitrogens with zero attached hydrogens (tertiary/aromatic N) is 4. The lowest BCUT2D eigenvalue weighted by atomic mass is 10.2. The molecule has 0 aliphatic heterocycles. The number of fused-ring (bicyclic) bond motifs is 1. The molecule has 28 heavy (non-hydrogen) atoms. The molecular formula is C18H21BrN6O3. The molecule has 0 radical (unpaired) electrons. The molecule has 0 saturated carbocycles. The number of nitrogens with one attached hydrogen (secondary N) is 2. The van der Waals surface area contributed by atoms with Crippen molar-refractivity contribution in [3.8, 4) is 5.75 Å². The quantitative estimate of drug-likeness (QED) is 0.444. The molecule has 0 amide bonds. The normalized spacial score (nSPS) is 11.6. The lowest BCUT2D eigenvalue weighted by Crippen LogP contribution is -2.29. The van der Waals surface area contributed by atoms with Crippen LogP contribution < -0.4 is 21.4 Å². The molecule has 3 aromatic rings. The van der Waals surface area contributed by atoms with Gasteiger partial charge in [0.1, 0.15) is 5.75 Å². The van der Waals surface area contributed by atoms with Gasteiger partial charge in [0.25, 0.3) is 5.56 Å². The van der Waals surface area contributed by atoms with Gasteiger partial charge >= 0.3 is 5.69 Å². The predicted octanol–water partition coefficient (Wildman–Crippen LogP) is 2.30. The summed E-state index contributed by atoms with van der Waals surface area (Å²) in [5, 5.41) is 4.25. The molecule has 0 unspecified atom stereocenters. The maximum Gasteiger partial charge on any atom is 0.329 e. The third-order valence-corrected chi connectivity index (χ3v) is 4.61. The fourth-order valence-corrected chi connectivity index (χ4v) is 3.21. The summed E-state index contributed by atoms with van der Waals surface area (Å²) in [6.07, 6.45) is 1.60. The summed E-state index contributed by atoms with van der Waals surface area (Å²) in [5.74, 6) is 1.30. The molecule has 0 bridgehead atoms. The number of hydrogen-bond donors (Lipinski definition) is 2. The fourth-order valence-electron chi connectivity index (χ4n) is 2.83. The van der Waals surface area contributed by atoms with E-state index in [4.69, 9.17) is 4.74 Å². The van der Waals surface area contributed by atoms with Crippen LogP contribution in [0.2, 0.25) is 0 Å². The molecule has 2 aromatic heterocycles. The summed E-state index contributed by atoms with van der Waals surface area (Å²) in [5.41, 5.74) is 3.29. The minimum atomic E-state index is -0.513. The fraction of sp³-hybridized carbons (Fsp3) is 0.333. The van der Waals surface area contributed by atoms with Crippen LogP contribution in [0.1, 0.15) is 19.4 Å². The molecule has 2 heterocycles. The van der Waals surface area contributed by atoms with Gasteiger partial charge in [-0.1, -0.05) is 29.8 Å². The van der Waals surface area contributed by atoms with Crippen molar-refractivity contribution in [1.29, 1.82) is 0 Å². The molecule has 2 N–H and O–H groups in total. The van der Waals surface area contributed by atoms with E-state index in [1.165, 1.54) is 4.57 Å². The molecule has 9 nitrogen and oxygen atoms in total. The van der Waals surface area contributed by atoms with Crippen molar-refractivity contribution in [2.24, 2.45) is 18.1 Å². The minimum Gasteiger partial charge on any atom is -0.496 e. The maximum absolute atomic E-state index is 12.4. The third-order valence-electron chi connectivity index (χ3n) is 4.11. The second kappa shape index (κ2) is 8.01. The van der Waals surface area contributed by atoms with E-state index in [0.29, 0.717) is 29.4 Å². The highest BCUT2D eigenvalue weighted by molar-refractivity contribution is 9.10. The number of halogens is 1. The van der Waals surface area contributed by atoms with Gasteiger partial charge in [0.05, 0.1) is 13.3 Å². The molecule has 0 spiro atoms. The van der Waals surface area contributed by atoms with Crippen LogP contribution in [0.4, 0.5) is 5.95 Å². The second-order valence-corrected chi connectivity index (χ2v) is 7.60. The van der Waals surface area contributed by atoms with Crippen molar-refractivity contribution in [3.05, 3.63) is 49.1 Å². The SMILES string of the molecule is COc1ccc(Br)cc1/C=N/Nc1nc2c(c(=O)[nH]c(=O)n2C)n1CC(C)C. The number of methoxy groups -OCH3 is 1. The first-order valence-corrected chi connectivity index (χ1v) is 9.43. The van der Waals surface area contributed by atoms with Gasteiger partial charge in [0.2, 0.25) is 5.95 Å². The number of ether oxygens (including phenoxy) is 1. The molecule has 0 atom stereocenters. The second-order valence-electron chi connectivity index (χ2n) is 6.69. The number of aryl methyl sites for hydroxylation is 1. The van der Waals surface area contributed by atoms with Gasteiger partial charge in [0, 0.05) is 23.6 Å². The largest absolute Gasteiger partial charge is 0.496 e. The Labute approximate surface area is 169 Å².